The Labute approximate surface area is 199 Å². The molecule has 0 bridgehead atoms. The fourth-order valence-corrected chi connectivity index (χ4v) is 4.55. The van der Waals surface area contributed by atoms with Gasteiger partial charge in [0.05, 0.1) is 5.41 Å². The molecule has 1 heterocycles. The third-order valence-electron chi connectivity index (χ3n) is 6.28. The molecule has 3 unspecified atom stereocenters. The first-order valence-corrected chi connectivity index (χ1v) is 11.6. The zero-order valence-electron chi connectivity index (χ0n) is 18.3. The lowest BCUT2D eigenvalue weighted by atomic mass is 9.80. The number of para-hydroxylation sites is 1. The van der Waals surface area contributed by atoms with Gasteiger partial charge in [-0.2, -0.15) is 0 Å². The SMILES string of the molecule is CC(NC(=O)C1(C)COc2ccccc2C1)C(Cc1ccc(Cl)cc1)c1ccc(Cl)cc1. The molecule has 32 heavy (non-hydrogen) atoms. The molecule has 1 N–H and O–H groups in total. The van der Waals surface area contributed by atoms with Crippen LogP contribution < -0.4 is 10.1 Å². The Kier molecular flexibility index (Phi) is 6.78. The third-order valence-corrected chi connectivity index (χ3v) is 6.78. The van der Waals surface area contributed by atoms with Gasteiger partial charge in [-0.1, -0.05) is 65.7 Å². The van der Waals surface area contributed by atoms with Crippen LogP contribution in [0.15, 0.2) is 72.8 Å². The van der Waals surface area contributed by atoms with Gasteiger partial charge in [-0.25, -0.2) is 0 Å². The monoisotopic (exact) mass is 467 g/mol. The Morgan fingerprint density at radius 2 is 1.62 bits per heavy atom. The second kappa shape index (κ2) is 9.56. The van der Waals surface area contributed by atoms with Crippen molar-refractivity contribution in [2.45, 2.75) is 38.6 Å². The Morgan fingerprint density at radius 3 is 2.31 bits per heavy atom. The largest absolute Gasteiger partial charge is 0.492 e. The Bertz CT molecular complexity index is 1080. The molecule has 166 valence electrons. The molecular formula is C27H27Cl2NO2. The minimum Gasteiger partial charge on any atom is -0.492 e. The van der Waals surface area contributed by atoms with E-state index in [2.05, 4.69) is 12.2 Å². The van der Waals surface area contributed by atoms with Gasteiger partial charge in [0.15, 0.2) is 0 Å². The predicted octanol–water partition coefficient (Wildman–Crippen LogP) is 6.47. The van der Waals surface area contributed by atoms with Gasteiger partial charge >= 0.3 is 0 Å². The summed E-state index contributed by atoms with van der Waals surface area (Å²) in [5, 5.41) is 4.70. The van der Waals surface area contributed by atoms with E-state index in [1.807, 2.05) is 79.7 Å². The summed E-state index contributed by atoms with van der Waals surface area (Å²) in [7, 11) is 0. The number of hydrogen-bond donors (Lipinski definition) is 1. The van der Waals surface area contributed by atoms with Gasteiger partial charge in [0.25, 0.3) is 0 Å². The molecule has 0 fully saturated rings. The van der Waals surface area contributed by atoms with E-state index < -0.39 is 5.41 Å². The van der Waals surface area contributed by atoms with Crippen molar-refractivity contribution in [2.24, 2.45) is 5.41 Å². The number of halogens is 2. The van der Waals surface area contributed by atoms with Gasteiger partial charge in [-0.3, -0.25) is 4.79 Å². The normalized spacial score (nSPS) is 19.4. The first-order valence-electron chi connectivity index (χ1n) is 10.9. The van der Waals surface area contributed by atoms with Crippen LogP contribution in [0.5, 0.6) is 5.75 Å². The van der Waals surface area contributed by atoms with Crippen LogP contribution >= 0.6 is 23.2 Å². The number of amides is 1. The summed E-state index contributed by atoms with van der Waals surface area (Å²) in [5.74, 6) is 0.958. The fourth-order valence-electron chi connectivity index (χ4n) is 4.29. The molecule has 0 aliphatic carbocycles. The van der Waals surface area contributed by atoms with Crippen molar-refractivity contribution >= 4 is 29.1 Å². The summed E-state index contributed by atoms with van der Waals surface area (Å²) in [4.78, 5) is 13.4. The summed E-state index contributed by atoms with van der Waals surface area (Å²) in [6.07, 6.45) is 1.43. The Balaban J connectivity index is 1.54. The molecule has 0 aromatic heterocycles. The second-order valence-corrected chi connectivity index (χ2v) is 9.76. The van der Waals surface area contributed by atoms with Crippen LogP contribution in [0, 0.1) is 5.41 Å². The number of ether oxygens (including phenoxy) is 1. The number of rotatable bonds is 6. The van der Waals surface area contributed by atoms with Crippen molar-refractivity contribution in [1.29, 1.82) is 0 Å². The van der Waals surface area contributed by atoms with E-state index in [1.165, 1.54) is 0 Å². The lowest BCUT2D eigenvalue weighted by molar-refractivity contribution is -0.133. The van der Waals surface area contributed by atoms with Crippen molar-refractivity contribution in [3.63, 3.8) is 0 Å². The van der Waals surface area contributed by atoms with Crippen LogP contribution in [0.25, 0.3) is 0 Å². The standard InChI is InChI=1S/C27H27Cl2NO2/c1-18(30-26(31)27(2)16-21-5-3-4-6-25(21)32-17-27)24(20-9-13-23(29)14-10-20)15-19-7-11-22(28)12-8-19/h3-14,18,24H,15-17H2,1-2H3,(H,30,31). The molecule has 3 aromatic rings. The topological polar surface area (TPSA) is 38.3 Å². The van der Waals surface area contributed by atoms with Gasteiger partial charge < -0.3 is 10.1 Å². The molecule has 0 saturated heterocycles. The number of fused-ring (bicyclic) bond motifs is 1. The minimum atomic E-state index is -0.618. The molecule has 0 spiro atoms. The molecule has 3 atom stereocenters. The van der Waals surface area contributed by atoms with E-state index in [4.69, 9.17) is 27.9 Å². The number of carbonyl (C=O) groups is 1. The molecular weight excluding hydrogens is 441 g/mol. The first kappa shape index (κ1) is 22.7. The zero-order chi connectivity index (χ0) is 22.7. The average molecular weight is 468 g/mol. The highest BCUT2D eigenvalue weighted by atomic mass is 35.5. The minimum absolute atomic E-state index is 0.00886. The predicted molar refractivity (Wildman–Crippen MR) is 131 cm³/mol. The highest BCUT2D eigenvalue weighted by Gasteiger charge is 2.39. The number of benzene rings is 3. The third kappa shape index (κ3) is 5.11. The van der Waals surface area contributed by atoms with E-state index >= 15 is 0 Å². The van der Waals surface area contributed by atoms with Crippen LogP contribution in [-0.4, -0.2) is 18.6 Å². The van der Waals surface area contributed by atoms with Gasteiger partial charge in [-0.15, -0.1) is 0 Å². The van der Waals surface area contributed by atoms with Crippen molar-refractivity contribution in [3.8, 4) is 5.75 Å². The maximum Gasteiger partial charge on any atom is 0.229 e. The van der Waals surface area contributed by atoms with Crippen LogP contribution in [0.3, 0.4) is 0 Å². The van der Waals surface area contributed by atoms with E-state index in [9.17, 15) is 4.79 Å². The fraction of sp³-hybridized carbons (Fsp3) is 0.296. The number of nitrogens with one attached hydrogen (secondary N) is 1. The summed E-state index contributed by atoms with van der Waals surface area (Å²) >= 11 is 12.2. The van der Waals surface area contributed by atoms with Gasteiger partial charge in [0, 0.05) is 22.0 Å². The Hall–Kier alpha value is -2.49. The summed E-state index contributed by atoms with van der Waals surface area (Å²) in [6, 6.07) is 23.6. The molecule has 3 nitrogen and oxygen atoms in total. The van der Waals surface area contributed by atoms with Crippen molar-refractivity contribution in [1.82, 2.24) is 5.32 Å². The maximum atomic E-state index is 13.4. The van der Waals surface area contributed by atoms with Crippen LogP contribution in [0.4, 0.5) is 0 Å². The van der Waals surface area contributed by atoms with Gasteiger partial charge in [0.1, 0.15) is 12.4 Å². The van der Waals surface area contributed by atoms with E-state index in [0.717, 1.165) is 28.9 Å². The molecule has 5 heteroatoms. The van der Waals surface area contributed by atoms with Crippen molar-refractivity contribution in [3.05, 3.63) is 99.5 Å². The lowest BCUT2D eigenvalue weighted by Crippen LogP contribution is -2.50. The van der Waals surface area contributed by atoms with Gasteiger partial charge in [-0.05, 0) is 73.7 Å². The summed E-state index contributed by atoms with van der Waals surface area (Å²) in [5.41, 5.74) is 2.75. The molecule has 3 aromatic carbocycles. The summed E-state index contributed by atoms with van der Waals surface area (Å²) < 4.78 is 5.92. The van der Waals surface area contributed by atoms with Crippen molar-refractivity contribution in [2.75, 3.05) is 6.61 Å². The smallest absolute Gasteiger partial charge is 0.229 e. The molecule has 1 aliphatic rings. The number of carbonyl (C=O) groups excluding carboxylic acids is 1. The van der Waals surface area contributed by atoms with Crippen LogP contribution in [0.2, 0.25) is 10.0 Å². The van der Waals surface area contributed by atoms with E-state index in [0.29, 0.717) is 23.1 Å². The zero-order valence-corrected chi connectivity index (χ0v) is 19.8. The molecule has 1 aliphatic heterocycles. The highest BCUT2D eigenvalue weighted by Crippen LogP contribution is 2.35. The quantitative estimate of drug-likeness (QED) is 0.451. The van der Waals surface area contributed by atoms with E-state index in [1.54, 1.807) is 0 Å². The second-order valence-electron chi connectivity index (χ2n) is 8.88. The average Bonchev–Trinajstić information content (AvgIpc) is 2.79. The van der Waals surface area contributed by atoms with Crippen LogP contribution in [0.1, 0.15) is 36.5 Å². The van der Waals surface area contributed by atoms with Crippen molar-refractivity contribution < 1.29 is 9.53 Å². The maximum absolute atomic E-state index is 13.4. The van der Waals surface area contributed by atoms with Crippen LogP contribution in [-0.2, 0) is 17.6 Å². The first-order chi connectivity index (χ1) is 15.3. The highest BCUT2D eigenvalue weighted by molar-refractivity contribution is 6.30. The Morgan fingerprint density at radius 1 is 1.00 bits per heavy atom. The molecule has 0 saturated carbocycles. The summed E-state index contributed by atoms with van der Waals surface area (Å²) in [6.45, 7) is 4.40. The molecule has 4 rings (SSSR count). The lowest BCUT2D eigenvalue weighted by Gasteiger charge is -2.36. The number of hydrogen-bond acceptors (Lipinski definition) is 2. The molecule has 1 amide bonds. The van der Waals surface area contributed by atoms with E-state index in [-0.39, 0.29) is 17.9 Å². The molecule has 0 radical (unpaired) electrons. The van der Waals surface area contributed by atoms with Gasteiger partial charge in [0.2, 0.25) is 5.91 Å².